The molecular formula is C59H34N4OS. The third-order valence-electron chi connectivity index (χ3n) is 13.0. The van der Waals surface area contributed by atoms with E-state index in [-0.39, 0.29) is 0 Å². The number of aromatic nitrogens is 4. The maximum Gasteiger partial charge on any atom is 0.166 e. The SMILES string of the molecule is c1ccc(-c2cccc(-c3nc(-c4ccc5c(c4)sc4ccccc45)nc(-c4ccc5c(oc6ccccc65)c4-n4c5cc6ccccc6cc5c5c6ccccc6ccc54)n3)c2)cc1. The molecule has 0 fully saturated rings. The van der Waals surface area contributed by atoms with Crippen LogP contribution in [0.15, 0.2) is 211 Å². The van der Waals surface area contributed by atoms with Crippen molar-refractivity contribution in [1.29, 1.82) is 0 Å². The van der Waals surface area contributed by atoms with E-state index in [2.05, 4.69) is 199 Å². The molecule has 0 aliphatic heterocycles. The molecule has 0 aliphatic carbocycles. The van der Waals surface area contributed by atoms with Crippen molar-refractivity contribution in [2.45, 2.75) is 0 Å². The first-order chi connectivity index (χ1) is 32.2. The molecule has 0 bridgehead atoms. The maximum atomic E-state index is 7.02. The van der Waals surface area contributed by atoms with Crippen molar-refractivity contribution in [3.8, 4) is 51.0 Å². The average molecular weight is 847 g/mol. The first-order valence-corrected chi connectivity index (χ1v) is 22.7. The van der Waals surface area contributed by atoms with Crippen molar-refractivity contribution in [2.24, 2.45) is 0 Å². The highest BCUT2D eigenvalue weighted by atomic mass is 32.1. The molecule has 0 spiro atoms. The highest BCUT2D eigenvalue weighted by molar-refractivity contribution is 7.25. The van der Waals surface area contributed by atoms with Crippen LogP contribution in [0.2, 0.25) is 0 Å². The van der Waals surface area contributed by atoms with Crippen LogP contribution in [0.1, 0.15) is 0 Å². The number of hydrogen-bond acceptors (Lipinski definition) is 5. The van der Waals surface area contributed by atoms with Crippen molar-refractivity contribution in [3.05, 3.63) is 206 Å². The van der Waals surface area contributed by atoms with Gasteiger partial charge in [0.2, 0.25) is 0 Å². The van der Waals surface area contributed by atoms with Crippen molar-refractivity contribution in [2.75, 3.05) is 0 Å². The molecule has 0 unspecified atom stereocenters. The van der Waals surface area contributed by atoms with Gasteiger partial charge in [-0.3, -0.25) is 0 Å². The van der Waals surface area contributed by atoms with E-state index >= 15 is 0 Å². The molecule has 0 saturated carbocycles. The molecule has 0 radical (unpaired) electrons. The molecule has 4 heterocycles. The van der Waals surface area contributed by atoms with Gasteiger partial charge in [-0.2, -0.15) is 0 Å². The molecule has 0 N–H and O–H groups in total. The van der Waals surface area contributed by atoms with Crippen LogP contribution < -0.4 is 0 Å². The zero-order valence-electron chi connectivity index (χ0n) is 34.7. The summed E-state index contributed by atoms with van der Waals surface area (Å²) in [5.41, 5.74) is 9.50. The van der Waals surface area contributed by atoms with Crippen molar-refractivity contribution in [1.82, 2.24) is 19.5 Å². The average Bonchev–Trinajstić information content (AvgIpc) is 4.05. The lowest BCUT2D eigenvalue weighted by Crippen LogP contribution is -2.04. The molecule has 6 heteroatoms. The van der Waals surface area contributed by atoms with Crippen LogP contribution in [0.3, 0.4) is 0 Å². The first kappa shape index (κ1) is 36.1. The smallest absolute Gasteiger partial charge is 0.166 e. The summed E-state index contributed by atoms with van der Waals surface area (Å²) in [6, 6.07) is 73.2. The number of nitrogens with zero attached hydrogens (tertiary/aromatic N) is 4. The van der Waals surface area contributed by atoms with Gasteiger partial charge in [0.1, 0.15) is 11.3 Å². The van der Waals surface area contributed by atoms with Gasteiger partial charge in [-0.15, -0.1) is 11.3 Å². The predicted molar refractivity (Wildman–Crippen MR) is 271 cm³/mol. The molecule has 0 atom stereocenters. The second-order valence-electron chi connectivity index (χ2n) is 16.7. The predicted octanol–water partition coefficient (Wildman–Crippen LogP) is 16.2. The van der Waals surface area contributed by atoms with E-state index in [1.54, 1.807) is 11.3 Å². The number of benzene rings is 10. The Hall–Kier alpha value is -8.45. The van der Waals surface area contributed by atoms with Gasteiger partial charge in [-0.05, 0) is 87.3 Å². The van der Waals surface area contributed by atoms with Gasteiger partial charge in [0.15, 0.2) is 23.1 Å². The summed E-state index contributed by atoms with van der Waals surface area (Å²) < 4.78 is 11.9. The number of rotatable bonds is 5. The van der Waals surface area contributed by atoms with E-state index in [4.69, 9.17) is 19.4 Å². The molecule has 302 valence electrons. The van der Waals surface area contributed by atoms with Gasteiger partial charge >= 0.3 is 0 Å². The van der Waals surface area contributed by atoms with Crippen LogP contribution in [0.5, 0.6) is 0 Å². The lowest BCUT2D eigenvalue weighted by Gasteiger charge is -2.16. The second-order valence-corrected chi connectivity index (χ2v) is 17.8. The van der Waals surface area contributed by atoms with Gasteiger partial charge in [0.25, 0.3) is 0 Å². The van der Waals surface area contributed by atoms with Gasteiger partial charge < -0.3 is 8.98 Å². The molecule has 0 saturated heterocycles. The number of fused-ring (bicyclic) bond motifs is 12. The first-order valence-electron chi connectivity index (χ1n) is 21.8. The summed E-state index contributed by atoms with van der Waals surface area (Å²) in [5.74, 6) is 1.75. The van der Waals surface area contributed by atoms with E-state index in [0.717, 1.165) is 71.9 Å². The van der Waals surface area contributed by atoms with E-state index < -0.39 is 0 Å². The van der Waals surface area contributed by atoms with Crippen LogP contribution >= 0.6 is 11.3 Å². The molecule has 4 aromatic heterocycles. The molecule has 0 aliphatic rings. The minimum absolute atomic E-state index is 0.556. The molecule has 14 aromatic rings. The Balaban J connectivity index is 1.10. The Morgan fingerprint density at radius 1 is 0.369 bits per heavy atom. The topological polar surface area (TPSA) is 56.7 Å². The number of para-hydroxylation sites is 1. The van der Waals surface area contributed by atoms with E-state index in [1.807, 2.05) is 12.1 Å². The highest BCUT2D eigenvalue weighted by Gasteiger charge is 2.26. The molecule has 10 aromatic carbocycles. The zero-order valence-corrected chi connectivity index (χ0v) is 35.6. The van der Waals surface area contributed by atoms with E-state index in [1.165, 1.54) is 47.1 Å². The Labute approximate surface area is 376 Å². The summed E-state index contributed by atoms with van der Waals surface area (Å²) >= 11 is 1.79. The Bertz CT molecular complexity index is 4260. The second kappa shape index (κ2) is 14.0. The van der Waals surface area contributed by atoms with Crippen LogP contribution in [0.4, 0.5) is 0 Å². The zero-order chi connectivity index (χ0) is 42.6. The Morgan fingerprint density at radius 3 is 1.88 bits per heavy atom. The van der Waals surface area contributed by atoms with Gasteiger partial charge in [0, 0.05) is 58.4 Å². The number of hydrogen-bond donors (Lipinski definition) is 0. The molecule has 14 rings (SSSR count). The molecule has 65 heavy (non-hydrogen) atoms. The summed E-state index contributed by atoms with van der Waals surface area (Å²) in [5, 5.41) is 11.6. The molecular weight excluding hydrogens is 813 g/mol. The summed E-state index contributed by atoms with van der Waals surface area (Å²) in [6.45, 7) is 0. The number of thiophene rings is 1. The van der Waals surface area contributed by atoms with Crippen molar-refractivity contribution >= 4 is 96.8 Å². The summed E-state index contributed by atoms with van der Waals surface area (Å²) in [6.07, 6.45) is 0. The molecule has 5 nitrogen and oxygen atoms in total. The van der Waals surface area contributed by atoms with Gasteiger partial charge in [-0.1, -0.05) is 152 Å². The third kappa shape index (κ3) is 5.61. The van der Waals surface area contributed by atoms with Crippen LogP contribution in [0, 0.1) is 0 Å². The Morgan fingerprint density at radius 2 is 1.02 bits per heavy atom. The Kier molecular flexibility index (Phi) is 7.79. The minimum Gasteiger partial charge on any atom is -0.454 e. The van der Waals surface area contributed by atoms with Crippen molar-refractivity contribution in [3.63, 3.8) is 0 Å². The lowest BCUT2D eigenvalue weighted by molar-refractivity contribution is 0.666. The highest BCUT2D eigenvalue weighted by Crippen LogP contribution is 2.45. The monoisotopic (exact) mass is 846 g/mol. The van der Waals surface area contributed by atoms with Crippen molar-refractivity contribution < 1.29 is 4.42 Å². The van der Waals surface area contributed by atoms with Crippen LogP contribution in [-0.2, 0) is 0 Å². The quantitative estimate of drug-likeness (QED) is 0.173. The fraction of sp³-hybridized carbons (Fsp3) is 0. The summed E-state index contributed by atoms with van der Waals surface area (Å²) in [4.78, 5) is 16.2. The normalized spacial score (nSPS) is 12.0. The largest absolute Gasteiger partial charge is 0.454 e. The van der Waals surface area contributed by atoms with Gasteiger partial charge in [0.05, 0.1) is 11.0 Å². The lowest BCUT2D eigenvalue weighted by atomic mass is 10.0. The fourth-order valence-corrected chi connectivity index (χ4v) is 11.1. The summed E-state index contributed by atoms with van der Waals surface area (Å²) in [7, 11) is 0. The third-order valence-corrected chi connectivity index (χ3v) is 14.1. The fourth-order valence-electron chi connectivity index (χ4n) is 9.98. The van der Waals surface area contributed by atoms with E-state index in [0.29, 0.717) is 17.5 Å². The van der Waals surface area contributed by atoms with Crippen LogP contribution in [-0.4, -0.2) is 19.5 Å². The van der Waals surface area contributed by atoms with E-state index in [9.17, 15) is 0 Å². The number of furan rings is 1. The maximum absolute atomic E-state index is 7.02. The van der Waals surface area contributed by atoms with Crippen LogP contribution in [0.25, 0.3) is 136 Å². The standard InChI is InChI=1S/C59H34N4OS/c1-2-13-35(14-3-1)37-18-12-19-40(31-37)57-60-58(41-25-27-45-44-22-9-11-24-52(44)65-53(45)34-41)62-59(61-57)47-29-28-46-43-21-8-10-23-51(43)64-56(46)55(47)63-49-30-26-36-15-6-7-20-42(36)54(49)48-32-38-16-4-5-17-39(38)33-50(48)63/h1-34H. The minimum atomic E-state index is 0.556. The van der Waals surface area contributed by atoms with Gasteiger partial charge in [-0.25, -0.2) is 15.0 Å². The molecule has 0 amide bonds.